The minimum atomic E-state index is -0.313. The summed E-state index contributed by atoms with van der Waals surface area (Å²) < 4.78 is 13.4. The van der Waals surface area contributed by atoms with Gasteiger partial charge in [0.2, 0.25) is 0 Å². The molecule has 6 heteroatoms. The SMILES string of the molecule is COc1cc2c(cc1OC(C)C)-c1c(C#N)cc(C(=O)N(C)C(C)(C)C)n1CC2. The average Bonchev–Trinajstić information content (AvgIpc) is 3.04. The van der Waals surface area contributed by atoms with E-state index in [0.717, 1.165) is 23.2 Å². The number of amides is 1. The van der Waals surface area contributed by atoms with Crippen LogP contribution in [-0.4, -0.2) is 41.2 Å². The first kappa shape index (κ1) is 20.8. The van der Waals surface area contributed by atoms with E-state index in [9.17, 15) is 10.1 Å². The highest BCUT2D eigenvalue weighted by Crippen LogP contribution is 2.41. The van der Waals surface area contributed by atoms with Gasteiger partial charge in [-0.3, -0.25) is 4.79 Å². The van der Waals surface area contributed by atoms with Crippen molar-refractivity contribution in [3.63, 3.8) is 0 Å². The van der Waals surface area contributed by atoms with Gasteiger partial charge in [-0.2, -0.15) is 5.26 Å². The Kier molecular flexibility index (Phi) is 5.36. The smallest absolute Gasteiger partial charge is 0.270 e. The molecule has 1 aliphatic heterocycles. The first-order chi connectivity index (χ1) is 13.6. The van der Waals surface area contributed by atoms with E-state index in [1.54, 1.807) is 25.1 Å². The summed E-state index contributed by atoms with van der Waals surface area (Å²) in [4.78, 5) is 14.9. The van der Waals surface area contributed by atoms with Gasteiger partial charge in [0.1, 0.15) is 11.8 Å². The fraction of sp³-hybridized carbons (Fsp3) is 0.478. The summed E-state index contributed by atoms with van der Waals surface area (Å²) in [6.45, 7) is 10.5. The van der Waals surface area contributed by atoms with E-state index in [2.05, 4.69) is 6.07 Å². The fourth-order valence-electron chi connectivity index (χ4n) is 3.58. The molecule has 0 fully saturated rings. The molecule has 2 heterocycles. The number of fused-ring (bicyclic) bond motifs is 3. The van der Waals surface area contributed by atoms with Gasteiger partial charge < -0.3 is 18.9 Å². The quantitative estimate of drug-likeness (QED) is 0.776. The monoisotopic (exact) mass is 395 g/mol. The number of hydrogen-bond donors (Lipinski definition) is 0. The molecular weight excluding hydrogens is 366 g/mol. The van der Waals surface area contributed by atoms with Gasteiger partial charge in [-0.15, -0.1) is 0 Å². The number of carbonyl (C=O) groups is 1. The number of nitriles is 1. The van der Waals surface area contributed by atoms with Gasteiger partial charge in [-0.05, 0) is 64.8 Å². The molecular formula is C23H29N3O3. The van der Waals surface area contributed by atoms with E-state index in [0.29, 0.717) is 29.3 Å². The van der Waals surface area contributed by atoms with Crippen molar-refractivity contribution in [2.45, 2.75) is 59.2 Å². The molecule has 0 N–H and O–H groups in total. The first-order valence-corrected chi connectivity index (χ1v) is 9.88. The Hall–Kier alpha value is -2.94. The Balaban J connectivity index is 2.18. The van der Waals surface area contributed by atoms with Crippen LogP contribution >= 0.6 is 0 Å². The van der Waals surface area contributed by atoms with E-state index in [4.69, 9.17) is 9.47 Å². The summed E-state index contributed by atoms with van der Waals surface area (Å²) in [6.07, 6.45) is 0.741. The van der Waals surface area contributed by atoms with Crippen LogP contribution in [0.4, 0.5) is 0 Å². The zero-order chi connectivity index (χ0) is 21.5. The second-order valence-corrected chi connectivity index (χ2v) is 8.67. The second kappa shape index (κ2) is 7.47. The Morgan fingerprint density at radius 2 is 1.93 bits per heavy atom. The van der Waals surface area contributed by atoms with Gasteiger partial charge in [0.05, 0.1) is 24.5 Å². The summed E-state index contributed by atoms with van der Waals surface area (Å²) in [5, 5.41) is 9.78. The highest BCUT2D eigenvalue weighted by atomic mass is 16.5. The number of carbonyl (C=O) groups excluding carboxylic acids is 1. The van der Waals surface area contributed by atoms with Crippen molar-refractivity contribution >= 4 is 5.91 Å². The van der Waals surface area contributed by atoms with Crippen molar-refractivity contribution in [1.29, 1.82) is 5.26 Å². The predicted molar refractivity (Wildman–Crippen MR) is 112 cm³/mol. The van der Waals surface area contributed by atoms with E-state index >= 15 is 0 Å². The minimum Gasteiger partial charge on any atom is -0.493 e. The van der Waals surface area contributed by atoms with Gasteiger partial charge in [0, 0.05) is 24.7 Å². The van der Waals surface area contributed by atoms with Crippen LogP contribution in [0.1, 0.15) is 56.2 Å². The Morgan fingerprint density at radius 1 is 1.24 bits per heavy atom. The summed E-state index contributed by atoms with van der Waals surface area (Å²) >= 11 is 0. The van der Waals surface area contributed by atoms with E-state index in [-0.39, 0.29) is 17.6 Å². The number of hydrogen-bond acceptors (Lipinski definition) is 4. The molecule has 29 heavy (non-hydrogen) atoms. The molecule has 1 aromatic carbocycles. The van der Waals surface area contributed by atoms with E-state index in [1.807, 2.05) is 51.3 Å². The van der Waals surface area contributed by atoms with Gasteiger partial charge in [-0.25, -0.2) is 0 Å². The third-order valence-corrected chi connectivity index (χ3v) is 5.36. The predicted octanol–water partition coefficient (Wildman–Crippen LogP) is 4.25. The highest BCUT2D eigenvalue weighted by molar-refractivity contribution is 5.96. The minimum absolute atomic E-state index is 0.00895. The van der Waals surface area contributed by atoms with Crippen LogP contribution in [0.5, 0.6) is 11.5 Å². The van der Waals surface area contributed by atoms with Gasteiger partial charge in [0.25, 0.3) is 5.91 Å². The zero-order valence-electron chi connectivity index (χ0n) is 18.3. The lowest BCUT2D eigenvalue weighted by Gasteiger charge is -2.32. The molecule has 1 amide bonds. The molecule has 0 aliphatic carbocycles. The first-order valence-electron chi connectivity index (χ1n) is 9.88. The van der Waals surface area contributed by atoms with Crippen LogP contribution in [-0.2, 0) is 13.0 Å². The summed E-state index contributed by atoms with van der Waals surface area (Å²) in [5.41, 5.74) is 3.51. The number of aryl methyl sites for hydroxylation is 1. The lowest BCUT2D eigenvalue weighted by Crippen LogP contribution is -2.43. The Bertz CT molecular complexity index is 990. The van der Waals surface area contributed by atoms with Crippen molar-refractivity contribution in [2.24, 2.45) is 0 Å². The third-order valence-electron chi connectivity index (χ3n) is 5.36. The van der Waals surface area contributed by atoms with Crippen molar-refractivity contribution in [1.82, 2.24) is 9.47 Å². The Labute approximate surface area is 172 Å². The largest absolute Gasteiger partial charge is 0.493 e. The molecule has 0 spiro atoms. The standard InChI is InChI=1S/C23H29N3O3/c1-14(2)29-20-12-17-15(11-19(20)28-7)8-9-26-18(10-16(13-24)21(17)26)22(27)25(6)23(3,4)5/h10-12,14H,8-9H2,1-7H3. The van der Waals surface area contributed by atoms with Crippen molar-refractivity contribution in [3.8, 4) is 28.8 Å². The number of ether oxygens (including phenoxy) is 2. The maximum absolute atomic E-state index is 13.2. The lowest BCUT2D eigenvalue weighted by atomic mass is 9.96. The molecule has 0 atom stereocenters. The van der Waals surface area contributed by atoms with Gasteiger partial charge >= 0.3 is 0 Å². The average molecular weight is 396 g/mol. The normalized spacial score (nSPS) is 12.8. The van der Waals surface area contributed by atoms with E-state index < -0.39 is 0 Å². The summed E-state index contributed by atoms with van der Waals surface area (Å²) in [7, 11) is 3.42. The number of methoxy groups -OCH3 is 1. The lowest BCUT2D eigenvalue weighted by molar-refractivity contribution is 0.0644. The van der Waals surface area contributed by atoms with Crippen LogP contribution in [0.25, 0.3) is 11.3 Å². The zero-order valence-corrected chi connectivity index (χ0v) is 18.3. The van der Waals surface area contributed by atoms with Crippen LogP contribution in [0.3, 0.4) is 0 Å². The maximum Gasteiger partial charge on any atom is 0.270 e. The van der Waals surface area contributed by atoms with Crippen LogP contribution in [0.15, 0.2) is 18.2 Å². The van der Waals surface area contributed by atoms with Crippen LogP contribution in [0, 0.1) is 11.3 Å². The van der Waals surface area contributed by atoms with E-state index in [1.165, 1.54) is 0 Å². The molecule has 1 aromatic heterocycles. The molecule has 6 nitrogen and oxygen atoms in total. The molecule has 2 aromatic rings. The number of rotatable bonds is 4. The summed E-state index contributed by atoms with van der Waals surface area (Å²) in [5.74, 6) is 1.23. The van der Waals surface area contributed by atoms with Gasteiger partial charge in [-0.1, -0.05) is 0 Å². The molecule has 0 radical (unpaired) electrons. The molecule has 0 unspecified atom stereocenters. The fourth-order valence-corrected chi connectivity index (χ4v) is 3.58. The maximum atomic E-state index is 13.2. The molecule has 3 rings (SSSR count). The highest BCUT2D eigenvalue weighted by Gasteiger charge is 2.31. The number of benzene rings is 1. The second-order valence-electron chi connectivity index (χ2n) is 8.67. The van der Waals surface area contributed by atoms with Crippen molar-refractivity contribution < 1.29 is 14.3 Å². The van der Waals surface area contributed by atoms with Crippen LogP contribution < -0.4 is 9.47 Å². The third kappa shape index (κ3) is 3.69. The van der Waals surface area contributed by atoms with Crippen molar-refractivity contribution in [3.05, 3.63) is 35.0 Å². The number of aromatic nitrogens is 1. The molecule has 0 saturated heterocycles. The molecule has 1 aliphatic rings. The molecule has 0 saturated carbocycles. The summed E-state index contributed by atoms with van der Waals surface area (Å²) in [6, 6.07) is 7.90. The Morgan fingerprint density at radius 3 is 2.48 bits per heavy atom. The molecule has 0 bridgehead atoms. The topological polar surface area (TPSA) is 67.5 Å². The van der Waals surface area contributed by atoms with Crippen LogP contribution in [0.2, 0.25) is 0 Å². The van der Waals surface area contributed by atoms with Gasteiger partial charge in [0.15, 0.2) is 11.5 Å². The molecule has 154 valence electrons. The number of nitrogens with zero attached hydrogens (tertiary/aromatic N) is 3. The van der Waals surface area contributed by atoms with Crippen molar-refractivity contribution in [2.75, 3.05) is 14.2 Å².